The maximum Gasteiger partial charge on any atom is 0.151 e. The summed E-state index contributed by atoms with van der Waals surface area (Å²) < 4.78 is 0. The minimum atomic E-state index is 0.814. The van der Waals surface area contributed by atoms with E-state index in [1.54, 1.807) is 0 Å². The third kappa shape index (κ3) is 2.65. The van der Waals surface area contributed by atoms with Crippen LogP contribution in [0.25, 0.3) is 0 Å². The molecule has 0 spiro atoms. The maximum absolute atomic E-state index is 6.04. The molecule has 0 saturated heterocycles. The summed E-state index contributed by atoms with van der Waals surface area (Å²) in [6.07, 6.45) is 5.78. The molecule has 88 valence electrons. The highest BCUT2D eigenvalue weighted by Crippen LogP contribution is 2.32. The lowest BCUT2D eigenvalue weighted by Gasteiger charge is -2.24. The van der Waals surface area contributed by atoms with Crippen molar-refractivity contribution in [1.82, 2.24) is 4.98 Å². The van der Waals surface area contributed by atoms with Gasteiger partial charge in [0, 0.05) is 19.3 Å². The number of anilines is 2. The molecule has 0 bridgehead atoms. The molecule has 16 heavy (non-hydrogen) atoms. The lowest BCUT2D eigenvalue weighted by atomic mass is 10.2. The second-order valence-electron chi connectivity index (χ2n) is 4.81. The predicted molar refractivity (Wildman–Crippen MR) is 68.6 cm³/mol. The molecule has 1 aliphatic rings. The Kier molecular flexibility index (Phi) is 3.32. The summed E-state index contributed by atoms with van der Waals surface area (Å²) in [5, 5.41) is 0. The van der Waals surface area contributed by atoms with Crippen molar-refractivity contribution < 1.29 is 0 Å². The van der Waals surface area contributed by atoms with Gasteiger partial charge in [0.25, 0.3) is 0 Å². The molecule has 0 aliphatic heterocycles. The summed E-state index contributed by atoms with van der Waals surface area (Å²) in [6, 6.07) is 2.01. The van der Waals surface area contributed by atoms with Crippen LogP contribution in [-0.4, -0.2) is 18.1 Å². The number of aromatic nitrogens is 1. The van der Waals surface area contributed by atoms with Gasteiger partial charge in [-0.25, -0.2) is 4.98 Å². The van der Waals surface area contributed by atoms with Crippen molar-refractivity contribution in [3.05, 3.63) is 17.8 Å². The first-order chi connectivity index (χ1) is 7.70. The van der Waals surface area contributed by atoms with Gasteiger partial charge in [0.1, 0.15) is 0 Å². The summed E-state index contributed by atoms with van der Waals surface area (Å²) in [5.74, 6) is 1.84. The first-order valence-corrected chi connectivity index (χ1v) is 6.17. The topological polar surface area (TPSA) is 42.2 Å². The van der Waals surface area contributed by atoms with E-state index in [9.17, 15) is 0 Å². The molecule has 1 aliphatic carbocycles. The van der Waals surface area contributed by atoms with Crippen LogP contribution in [0.3, 0.4) is 0 Å². The zero-order chi connectivity index (χ0) is 11.5. The van der Waals surface area contributed by atoms with Crippen LogP contribution in [0.15, 0.2) is 12.3 Å². The maximum atomic E-state index is 6.04. The SMILES string of the molecule is CCCN(CC1CC1)c1ncc(C)cc1N. The van der Waals surface area contributed by atoms with E-state index in [0.29, 0.717) is 0 Å². The third-order valence-electron chi connectivity index (χ3n) is 3.00. The van der Waals surface area contributed by atoms with Crippen LogP contribution in [0.4, 0.5) is 11.5 Å². The van der Waals surface area contributed by atoms with Crippen molar-refractivity contribution >= 4 is 11.5 Å². The molecule has 0 atom stereocenters. The van der Waals surface area contributed by atoms with Gasteiger partial charge in [-0.15, -0.1) is 0 Å². The number of rotatable bonds is 5. The molecule has 2 N–H and O–H groups in total. The molecule has 3 heteroatoms. The predicted octanol–water partition coefficient (Wildman–Crippen LogP) is 2.60. The van der Waals surface area contributed by atoms with Crippen LogP contribution in [0, 0.1) is 12.8 Å². The Balaban J connectivity index is 2.15. The van der Waals surface area contributed by atoms with Gasteiger partial charge in [-0.1, -0.05) is 6.92 Å². The number of pyridine rings is 1. The Bertz CT molecular complexity index is 358. The molecule has 1 aromatic heterocycles. The van der Waals surface area contributed by atoms with E-state index in [4.69, 9.17) is 5.73 Å². The van der Waals surface area contributed by atoms with Crippen molar-refractivity contribution in [3.8, 4) is 0 Å². The Morgan fingerprint density at radius 2 is 2.25 bits per heavy atom. The Hall–Kier alpha value is -1.25. The van der Waals surface area contributed by atoms with Crippen molar-refractivity contribution in [2.24, 2.45) is 5.92 Å². The molecule has 1 saturated carbocycles. The molecule has 2 rings (SSSR count). The van der Waals surface area contributed by atoms with Crippen LogP contribution >= 0.6 is 0 Å². The molecule has 3 nitrogen and oxygen atoms in total. The first-order valence-electron chi connectivity index (χ1n) is 6.17. The summed E-state index contributed by atoms with van der Waals surface area (Å²) in [6.45, 7) is 6.40. The van der Waals surface area contributed by atoms with Gasteiger partial charge in [0.2, 0.25) is 0 Å². The van der Waals surface area contributed by atoms with E-state index < -0.39 is 0 Å². The minimum absolute atomic E-state index is 0.814. The summed E-state index contributed by atoms with van der Waals surface area (Å²) in [5.41, 5.74) is 7.99. The smallest absolute Gasteiger partial charge is 0.151 e. The number of hydrogen-bond donors (Lipinski definition) is 1. The molecule has 1 aromatic rings. The van der Waals surface area contributed by atoms with E-state index in [1.165, 1.54) is 12.8 Å². The second kappa shape index (κ2) is 4.73. The van der Waals surface area contributed by atoms with E-state index in [0.717, 1.165) is 42.5 Å². The molecule has 0 unspecified atom stereocenters. The number of nitrogen functional groups attached to an aromatic ring is 1. The van der Waals surface area contributed by atoms with E-state index in [1.807, 2.05) is 19.2 Å². The number of nitrogens with two attached hydrogens (primary N) is 1. The van der Waals surface area contributed by atoms with Crippen molar-refractivity contribution in [3.63, 3.8) is 0 Å². The average molecular weight is 219 g/mol. The zero-order valence-electron chi connectivity index (χ0n) is 10.2. The van der Waals surface area contributed by atoms with Gasteiger partial charge in [-0.2, -0.15) is 0 Å². The molecule has 0 aromatic carbocycles. The largest absolute Gasteiger partial charge is 0.396 e. The van der Waals surface area contributed by atoms with Crippen LogP contribution in [0.1, 0.15) is 31.7 Å². The van der Waals surface area contributed by atoms with Crippen molar-refractivity contribution in [1.29, 1.82) is 0 Å². The standard InChI is InChI=1S/C13H21N3/c1-3-6-16(9-11-4-5-11)13-12(14)7-10(2)8-15-13/h7-8,11H,3-6,9,14H2,1-2H3. The van der Waals surface area contributed by atoms with Crippen LogP contribution in [0.2, 0.25) is 0 Å². The molecular formula is C13H21N3. The monoisotopic (exact) mass is 219 g/mol. The van der Waals surface area contributed by atoms with Gasteiger partial charge in [-0.05, 0) is 43.7 Å². The summed E-state index contributed by atoms with van der Waals surface area (Å²) in [7, 11) is 0. The van der Waals surface area contributed by atoms with Crippen molar-refractivity contribution in [2.45, 2.75) is 33.1 Å². The van der Waals surface area contributed by atoms with Gasteiger partial charge in [0.05, 0.1) is 5.69 Å². The Morgan fingerprint density at radius 1 is 1.50 bits per heavy atom. The van der Waals surface area contributed by atoms with Gasteiger partial charge in [-0.3, -0.25) is 0 Å². The molecule has 0 amide bonds. The minimum Gasteiger partial charge on any atom is -0.396 e. The van der Waals surface area contributed by atoms with Gasteiger partial charge in [0.15, 0.2) is 5.82 Å². The van der Waals surface area contributed by atoms with Gasteiger partial charge >= 0.3 is 0 Å². The lowest BCUT2D eigenvalue weighted by molar-refractivity contribution is 0.700. The molecule has 0 radical (unpaired) electrons. The fourth-order valence-corrected chi connectivity index (χ4v) is 2.01. The van der Waals surface area contributed by atoms with Gasteiger partial charge < -0.3 is 10.6 Å². The number of hydrogen-bond acceptors (Lipinski definition) is 3. The molecule has 1 heterocycles. The quantitative estimate of drug-likeness (QED) is 0.827. The first kappa shape index (κ1) is 11.2. The van der Waals surface area contributed by atoms with Crippen LogP contribution in [0.5, 0.6) is 0 Å². The normalized spacial score (nSPS) is 15.1. The summed E-state index contributed by atoms with van der Waals surface area (Å²) in [4.78, 5) is 6.82. The fourth-order valence-electron chi connectivity index (χ4n) is 2.01. The fraction of sp³-hybridized carbons (Fsp3) is 0.615. The molecule has 1 fully saturated rings. The lowest BCUT2D eigenvalue weighted by Crippen LogP contribution is -2.28. The highest BCUT2D eigenvalue weighted by Gasteiger charge is 2.25. The average Bonchev–Trinajstić information content (AvgIpc) is 3.01. The van der Waals surface area contributed by atoms with Crippen LogP contribution in [-0.2, 0) is 0 Å². The van der Waals surface area contributed by atoms with Crippen molar-refractivity contribution in [2.75, 3.05) is 23.7 Å². The highest BCUT2D eigenvalue weighted by molar-refractivity contribution is 5.63. The number of aryl methyl sites for hydroxylation is 1. The van der Waals surface area contributed by atoms with E-state index in [2.05, 4.69) is 16.8 Å². The number of nitrogens with zero attached hydrogens (tertiary/aromatic N) is 2. The van der Waals surface area contributed by atoms with E-state index in [-0.39, 0.29) is 0 Å². The highest BCUT2D eigenvalue weighted by atomic mass is 15.2. The summed E-state index contributed by atoms with van der Waals surface area (Å²) >= 11 is 0. The Morgan fingerprint density at radius 3 is 2.81 bits per heavy atom. The van der Waals surface area contributed by atoms with E-state index >= 15 is 0 Å². The molecular weight excluding hydrogens is 198 g/mol. The third-order valence-corrected chi connectivity index (χ3v) is 3.00. The Labute approximate surface area is 97.7 Å². The van der Waals surface area contributed by atoms with Crippen LogP contribution < -0.4 is 10.6 Å². The second-order valence-corrected chi connectivity index (χ2v) is 4.81. The zero-order valence-corrected chi connectivity index (χ0v) is 10.2.